The van der Waals surface area contributed by atoms with E-state index in [1.165, 1.54) is 0 Å². The van der Waals surface area contributed by atoms with Crippen molar-refractivity contribution in [3.05, 3.63) is 30.6 Å². The van der Waals surface area contributed by atoms with Crippen LogP contribution in [0.3, 0.4) is 0 Å². The minimum atomic E-state index is -3.57. The number of hydrogen-bond acceptors (Lipinski definition) is 9. The number of aryl methyl sites for hydroxylation is 1. The molecule has 11 nitrogen and oxygen atoms in total. The summed E-state index contributed by atoms with van der Waals surface area (Å²) in [5, 5.41) is 19.8. The molecule has 1 saturated carbocycles. The molecule has 194 valence electrons. The van der Waals surface area contributed by atoms with Gasteiger partial charge in [0.05, 0.1) is 17.3 Å². The zero-order valence-corrected chi connectivity index (χ0v) is 21.5. The van der Waals surface area contributed by atoms with Crippen molar-refractivity contribution in [1.82, 2.24) is 29.1 Å². The van der Waals surface area contributed by atoms with Gasteiger partial charge in [0, 0.05) is 44.0 Å². The zero-order valence-electron chi connectivity index (χ0n) is 20.7. The van der Waals surface area contributed by atoms with Crippen molar-refractivity contribution in [2.24, 2.45) is 0 Å². The lowest BCUT2D eigenvalue weighted by molar-refractivity contribution is 0.126. The minimum Gasteiger partial charge on any atom is -0.393 e. The molecule has 2 fully saturated rings. The molecule has 0 radical (unpaired) electrons. The molecule has 2 aromatic heterocycles. The first-order valence-electron chi connectivity index (χ1n) is 12.6. The minimum absolute atomic E-state index is 0.0946. The van der Waals surface area contributed by atoms with E-state index in [1.807, 2.05) is 18.4 Å². The van der Waals surface area contributed by atoms with Gasteiger partial charge < -0.3 is 25.6 Å². The quantitative estimate of drug-likeness (QED) is 0.374. The maximum atomic E-state index is 13.2. The number of imidazole rings is 1. The number of rotatable bonds is 7. The zero-order chi connectivity index (χ0) is 25.3. The van der Waals surface area contributed by atoms with Gasteiger partial charge >= 0.3 is 0 Å². The lowest BCUT2D eigenvalue weighted by atomic mass is 9.93. The Labute approximate surface area is 211 Å². The predicted molar refractivity (Wildman–Crippen MR) is 139 cm³/mol. The van der Waals surface area contributed by atoms with E-state index in [0.717, 1.165) is 37.9 Å². The van der Waals surface area contributed by atoms with Crippen molar-refractivity contribution < 1.29 is 13.5 Å². The fraction of sp³-hybridized carbons (Fsp3) is 0.542. The Balaban J connectivity index is 1.39. The first-order valence-corrected chi connectivity index (χ1v) is 14.1. The maximum Gasteiger partial charge on any atom is 0.243 e. The van der Waals surface area contributed by atoms with Crippen LogP contribution in [0.1, 0.15) is 39.5 Å². The van der Waals surface area contributed by atoms with Crippen LogP contribution >= 0.6 is 0 Å². The van der Waals surface area contributed by atoms with Crippen LogP contribution in [0.25, 0.3) is 11.2 Å². The standard InChI is InChI=1S/C24H34N8O3S/c1-3-31-15-26-21-22(29-24(30-23(21)31)28-18-4-8-19(33)9-5-18)27-17-6-10-20(11-7-17)36(34,35)32-13-12-25-14-16(32)2/h6-7,10-11,15-16,18-19,25,33H,3-5,8-9,12-14H2,1-2H3,(H2,27,28,29,30). The van der Waals surface area contributed by atoms with Gasteiger partial charge in [-0.3, -0.25) is 0 Å². The average Bonchev–Trinajstić information content (AvgIpc) is 3.29. The topological polar surface area (TPSA) is 137 Å². The van der Waals surface area contributed by atoms with Crippen LogP contribution in [0, 0.1) is 0 Å². The van der Waals surface area contributed by atoms with Gasteiger partial charge in [0.1, 0.15) is 0 Å². The van der Waals surface area contributed by atoms with Gasteiger partial charge in [-0.1, -0.05) is 0 Å². The molecule has 12 heteroatoms. The number of aliphatic hydroxyl groups excluding tert-OH is 1. The highest BCUT2D eigenvalue weighted by atomic mass is 32.2. The van der Waals surface area contributed by atoms with E-state index >= 15 is 0 Å². The summed E-state index contributed by atoms with van der Waals surface area (Å²) in [4.78, 5) is 14.2. The number of nitrogens with one attached hydrogen (secondary N) is 3. The molecule has 1 saturated heterocycles. The summed E-state index contributed by atoms with van der Waals surface area (Å²) in [6.45, 7) is 6.41. The summed E-state index contributed by atoms with van der Waals surface area (Å²) < 4.78 is 29.8. The molecule has 1 atom stereocenters. The summed E-state index contributed by atoms with van der Waals surface area (Å²) in [6.07, 6.45) is 4.77. The molecule has 0 spiro atoms. The fourth-order valence-electron chi connectivity index (χ4n) is 4.89. The van der Waals surface area contributed by atoms with Crippen molar-refractivity contribution >= 4 is 38.6 Å². The number of fused-ring (bicyclic) bond motifs is 1. The number of sulfonamides is 1. The first-order chi connectivity index (χ1) is 17.3. The Morgan fingerprint density at radius 3 is 2.58 bits per heavy atom. The van der Waals surface area contributed by atoms with Crippen molar-refractivity contribution in [2.75, 3.05) is 30.3 Å². The number of nitrogens with zero attached hydrogens (tertiary/aromatic N) is 5. The molecule has 5 rings (SSSR count). The Morgan fingerprint density at radius 1 is 1.14 bits per heavy atom. The number of benzene rings is 1. The summed E-state index contributed by atoms with van der Waals surface area (Å²) in [5.74, 6) is 1.06. The van der Waals surface area contributed by atoms with Gasteiger partial charge in [0.25, 0.3) is 0 Å². The SMILES string of the molecule is CCn1cnc2c(Nc3ccc(S(=O)(=O)N4CCNCC4C)cc3)nc(NC3CCC(O)CC3)nc21. The number of hydrogen-bond donors (Lipinski definition) is 4. The maximum absolute atomic E-state index is 13.2. The third-order valence-electron chi connectivity index (χ3n) is 7.00. The van der Waals surface area contributed by atoms with Gasteiger partial charge in [0.15, 0.2) is 17.0 Å². The van der Waals surface area contributed by atoms with E-state index in [1.54, 1.807) is 34.9 Å². The van der Waals surface area contributed by atoms with Crippen molar-refractivity contribution in [3.8, 4) is 0 Å². The largest absolute Gasteiger partial charge is 0.393 e. The Morgan fingerprint density at radius 2 is 1.89 bits per heavy atom. The number of anilines is 3. The summed E-state index contributed by atoms with van der Waals surface area (Å²) in [5.41, 5.74) is 2.08. The van der Waals surface area contributed by atoms with Gasteiger partial charge in [-0.05, 0) is 63.8 Å². The van der Waals surface area contributed by atoms with E-state index in [9.17, 15) is 13.5 Å². The second-order valence-electron chi connectivity index (χ2n) is 9.57. The third-order valence-corrected chi connectivity index (χ3v) is 9.03. The second-order valence-corrected chi connectivity index (χ2v) is 11.5. The monoisotopic (exact) mass is 514 g/mol. The van der Waals surface area contributed by atoms with E-state index in [4.69, 9.17) is 9.97 Å². The highest BCUT2D eigenvalue weighted by molar-refractivity contribution is 7.89. The molecule has 4 N–H and O–H groups in total. The lowest BCUT2D eigenvalue weighted by Crippen LogP contribution is -2.52. The molecule has 1 unspecified atom stereocenters. The van der Waals surface area contributed by atoms with Crippen LogP contribution < -0.4 is 16.0 Å². The van der Waals surface area contributed by atoms with E-state index in [0.29, 0.717) is 42.6 Å². The van der Waals surface area contributed by atoms with Gasteiger partial charge in [-0.15, -0.1) is 0 Å². The van der Waals surface area contributed by atoms with Crippen LogP contribution in [-0.4, -0.2) is 75.2 Å². The van der Waals surface area contributed by atoms with Crippen molar-refractivity contribution in [2.45, 2.75) is 69.2 Å². The molecule has 0 amide bonds. The van der Waals surface area contributed by atoms with Gasteiger partial charge in [-0.2, -0.15) is 14.3 Å². The van der Waals surface area contributed by atoms with Gasteiger partial charge in [0.2, 0.25) is 16.0 Å². The highest BCUT2D eigenvalue weighted by Crippen LogP contribution is 2.28. The molecular formula is C24H34N8O3S. The number of piperazine rings is 1. The molecular weight excluding hydrogens is 480 g/mol. The van der Waals surface area contributed by atoms with E-state index in [-0.39, 0.29) is 23.1 Å². The smallest absolute Gasteiger partial charge is 0.243 e. The fourth-order valence-corrected chi connectivity index (χ4v) is 6.52. The Kier molecular flexibility index (Phi) is 7.11. The van der Waals surface area contributed by atoms with Crippen LogP contribution in [0.2, 0.25) is 0 Å². The van der Waals surface area contributed by atoms with E-state index < -0.39 is 10.0 Å². The normalized spacial score (nSPS) is 23.6. The molecule has 1 aliphatic heterocycles. The summed E-state index contributed by atoms with van der Waals surface area (Å²) in [7, 11) is -3.57. The molecule has 3 heterocycles. The molecule has 3 aromatic rings. The first kappa shape index (κ1) is 24.9. The Hall–Kier alpha value is -2.80. The van der Waals surface area contributed by atoms with Crippen LogP contribution in [0.5, 0.6) is 0 Å². The molecule has 36 heavy (non-hydrogen) atoms. The van der Waals surface area contributed by atoms with Crippen LogP contribution in [0.15, 0.2) is 35.5 Å². The van der Waals surface area contributed by atoms with Gasteiger partial charge in [-0.25, -0.2) is 13.4 Å². The number of aromatic nitrogens is 4. The summed E-state index contributed by atoms with van der Waals surface area (Å²) in [6, 6.07) is 6.86. The van der Waals surface area contributed by atoms with E-state index in [2.05, 4.69) is 20.9 Å². The Bertz CT molecular complexity index is 1300. The summed E-state index contributed by atoms with van der Waals surface area (Å²) >= 11 is 0. The van der Waals surface area contributed by atoms with Crippen LogP contribution in [0.4, 0.5) is 17.5 Å². The lowest BCUT2D eigenvalue weighted by Gasteiger charge is -2.32. The predicted octanol–water partition coefficient (Wildman–Crippen LogP) is 2.29. The molecule has 1 aliphatic carbocycles. The number of aliphatic hydroxyl groups is 1. The molecule has 2 aliphatic rings. The average molecular weight is 515 g/mol. The molecule has 0 bridgehead atoms. The van der Waals surface area contributed by atoms with Crippen molar-refractivity contribution in [3.63, 3.8) is 0 Å². The third kappa shape index (κ3) is 5.03. The molecule has 1 aromatic carbocycles. The van der Waals surface area contributed by atoms with Crippen LogP contribution in [-0.2, 0) is 16.6 Å². The second kappa shape index (κ2) is 10.3. The van der Waals surface area contributed by atoms with Crippen molar-refractivity contribution in [1.29, 1.82) is 0 Å². The highest BCUT2D eigenvalue weighted by Gasteiger charge is 2.30.